The van der Waals surface area contributed by atoms with Gasteiger partial charge in [-0.1, -0.05) is 26.0 Å². The molecule has 8 nitrogen and oxygen atoms in total. The summed E-state index contributed by atoms with van der Waals surface area (Å²) in [6.45, 7) is 9.39. The van der Waals surface area contributed by atoms with E-state index in [1.165, 1.54) is 7.05 Å². The fourth-order valence-corrected chi connectivity index (χ4v) is 4.10. The summed E-state index contributed by atoms with van der Waals surface area (Å²) >= 11 is 0. The smallest absolute Gasteiger partial charge is 0.240 e. The third-order valence-electron chi connectivity index (χ3n) is 5.00. The largest absolute Gasteiger partial charge is 0.379 e. The number of morpholine rings is 1. The standard InChI is InChI=1S/C20H35N5O3S.HI/c1-16(2)13-18(25-9-11-28-12-10-25)15-24-20(21-3)23-14-17-5-7-19(8-6-17)29(26,27)22-4;/h5-8,16,18,22H,9-15H2,1-4H3,(H2,21,23,24);1H. The van der Waals surface area contributed by atoms with Crippen LogP contribution in [0, 0.1) is 5.92 Å². The van der Waals surface area contributed by atoms with Gasteiger partial charge in [-0.3, -0.25) is 9.89 Å². The zero-order valence-electron chi connectivity index (χ0n) is 18.3. The number of nitrogens with one attached hydrogen (secondary N) is 3. The van der Waals surface area contributed by atoms with E-state index in [9.17, 15) is 8.42 Å². The lowest BCUT2D eigenvalue weighted by atomic mass is 10.0. The molecule has 1 aliphatic rings. The molecule has 10 heteroatoms. The SMILES string of the molecule is CN=C(NCc1ccc(S(=O)(=O)NC)cc1)NCC(CC(C)C)N1CCOCC1.I. The van der Waals surface area contributed by atoms with Crippen LogP contribution in [0.15, 0.2) is 34.2 Å². The highest BCUT2D eigenvalue weighted by molar-refractivity contribution is 14.0. The van der Waals surface area contributed by atoms with E-state index in [1.54, 1.807) is 31.3 Å². The normalized spacial score (nSPS) is 16.8. The van der Waals surface area contributed by atoms with E-state index in [-0.39, 0.29) is 28.9 Å². The van der Waals surface area contributed by atoms with Gasteiger partial charge in [-0.25, -0.2) is 13.1 Å². The summed E-state index contributed by atoms with van der Waals surface area (Å²) in [6.07, 6.45) is 1.12. The van der Waals surface area contributed by atoms with E-state index in [4.69, 9.17) is 4.74 Å². The number of hydrogen-bond donors (Lipinski definition) is 3. The van der Waals surface area contributed by atoms with Crippen LogP contribution in [0.4, 0.5) is 0 Å². The van der Waals surface area contributed by atoms with E-state index >= 15 is 0 Å². The minimum Gasteiger partial charge on any atom is -0.379 e. The maximum atomic E-state index is 11.8. The summed E-state index contributed by atoms with van der Waals surface area (Å²) in [5, 5.41) is 6.74. The Hall–Kier alpha value is -0.950. The van der Waals surface area contributed by atoms with Gasteiger partial charge in [0.1, 0.15) is 0 Å². The molecule has 0 aliphatic carbocycles. The second-order valence-electron chi connectivity index (χ2n) is 7.59. The molecule has 1 heterocycles. The first-order valence-electron chi connectivity index (χ1n) is 10.1. The van der Waals surface area contributed by atoms with Crippen LogP contribution in [-0.4, -0.2) is 72.3 Å². The van der Waals surface area contributed by atoms with Gasteiger partial charge in [-0.2, -0.15) is 0 Å². The number of nitrogens with zero attached hydrogens (tertiary/aromatic N) is 2. The third-order valence-corrected chi connectivity index (χ3v) is 6.43. The first-order chi connectivity index (χ1) is 13.9. The van der Waals surface area contributed by atoms with Gasteiger partial charge in [-0.15, -0.1) is 24.0 Å². The van der Waals surface area contributed by atoms with Crippen LogP contribution >= 0.6 is 24.0 Å². The van der Waals surface area contributed by atoms with Gasteiger partial charge in [0.15, 0.2) is 5.96 Å². The Morgan fingerprint density at radius 1 is 1.17 bits per heavy atom. The Morgan fingerprint density at radius 2 is 1.80 bits per heavy atom. The maximum absolute atomic E-state index is 11.8. The molecule has 0 radical (unpaired) electrons. The molecule has 0 spiro atoms. The Bertz CT molecular complexity index is 750. The van der Waals surface area contributed by atoms with Crippen LogP contribution in [0.3, 0.4) is 0 Å². The molecule has 3 N–H and O–H groups in total. The summed E-state index contributed by atoms with van der Waals surface area (Å²) < 4.78 is 31.4. The molecule has 1 fully saturated rings. The van der Waals surface area contributed by atoms with Crippen LogP contribution in [0.2, 0.25) is 0 Å². The average molecular weight is 554 g/mol. The third kappa shape index (κ3) is 8.66. The van der Waals surface area contributed by atoms with Crippen molar-refractivity contribution in [3.63, 3.8) is 0 Å². The number of rotatable bonds is 9. The second-order valence-corrected chi connectivity index (χ2v) is 9.48. The van der Waals surface area contributed by atoms with Gasteiger partial charge >= 0.3 is 0 Å². The summed E-state index contributed by atoms with van der Waals surface area (Å²) in [6, 6.07) is 7.26. The number of guanidine groups is 1. The van der Waals surface area contributed by atoms with Crippen LogP contribution < -0.4 is 15.4 Å². The van der Waals surface area contributed by atoms with E-state index in [0.29, 0.717) is 18.5 Å². The molecule has 172 valence electrons. The average Bonchev–Trinajstić information content (AvgIpc) is 2.73. The number of ether oxygens (including phenoxy) is 1. The lowest BCUT2D eigenvalue weighted by molar-refractivity contribution is 0.0132. The molecule has 30 heavy (non-hydrogen) atoms. The number of benzene rings is 1. The molecule has 0 aromatic heterocycles. The van der Waals surface area contributed by atoms with Crippen molar-refractivity contribution in [1.82, 2.24) is 20.3 Å². The number of hydrogen-bond acceptors (Lipinski definition) is 5. The molecule has 2 rings (SSSR count). The molecule has 0 bridgehead atoms. The lowest BCUT2D eigenvalue weighted by Crippen LogP contribution is -2.50. The van der Waals surface area contributed by atoms with Crippen molar-refractivity contribution in [2.75, 3.05) is 46.9 Å². The van der Waals surface area contributed by atoms with Crippen LogP contribution in [0.1, 0.15) is 25.8 Å². The Kier molecular flexibility index (Phi) is 12.2. The Labute approximate surface area is 198 Å². The molecular formula is C20H36IN5O3S. The van der Waals surface area contributed by atoms with Gasteiger partial charge in [0.2, 0.25) is 10.0 Å². The summed E-state index contributed by atoms with van der Waals surface area (Å²) in [5.74, 6) is 1.35. The van der Waals surface area contributed by atoms with Crippen molar-refractivity contribution >= 4 is 40.0 Å². The van der Waals surface area contributed by atoms with Crippen LogP contribution in [0.25, 0.3) is 0 Å². The molecule has 1 aromatic carbocycles. The fourth-order valence-electron chi connectivity index (χ4n) is 3.37. The second kappa shape index (κ2) is 13.5. The van der Waals surface area contributed by atoms with Crippen molar-refractivity contribution in [3.05, 3.63) is 29.8 Å². The van der Waals surface area contributed by atoms with Crippen LogP contribution in [-0.2, 0) is 21.3 Å². The highest BCUT2D eigenvalue weighted by Gasteiger charge is 2.22. The predicted molar refractivity (Wildman–Crippen MR) is 132 cm³/mol. The van der Waals surface area contributed by atoms with Gasteiger partial charge in [0.25, 0.3) is 0 Å². The Morgan fingerprint density at radius 3 is 2.33 bits per heavy atom. The molecular weight excluding hydrogens is 517 g/mol. The monoisotopic (exact) mass is 553 g/mol. The molecule has 1 saturated heterocycles. The minimum atomic E-state index is -3.41. The van der Waals surface area contributed by atoms with Crippen molar-refractivity contribution in [2.24, 2.45) is 10.9 Å². The van der Waals surface area contributed by atoms with E-state index < -0.39 is 10.0 Å². The molecule has 1 aromatic rings. The number of halogens is 1. The summed E-state index contributed by atoms with van der Waals surface area (Å²) in [7, 11) is -0.249. The molecule has 1 unspecified atom stereocenters. The van der Waals surface area contributed by atoms with Crippen LogP contribution in [0.5, 0.6) is 0 Å². The highest BCUT2D eigenvalue weighted by Crippen LogP contribution is 2.13. The highest BCUT2D eigenvalue weighted by atomic mass is 127. The molecule has 0 amide bonds. The first kappa shape index (κ1) is 27.1. The fraction of sp³-hybridized carbons (Fsp3) is 0.650. The van der Waals surface area contributed by atoms with Gasteiger partial charge in [-0.05, 0) is 37.1 Å². The first-order valence-corrected chi connectivity index (χ1v) is 11.6. The van der Waals surface area contributed by atoms with Gasteiger partial charge in [0, 0.05) is 39.3 Å². The molecule has 1 aliphatic heterocycles. The van der Waals surface area contributed by atoms with Gasteiger partial charge < -0.3 is 15.4 Å². The Balaban J connectivity index is 0.00000450. The number of aliphatic imine (C=N–C) groups is 1. The van der Waals surface area contributed by atoms with Crippen molar-refractivity contribution in [2.45, 2.75) is 37.8 Å². The predicted octanol–water partition coefficient (Wildman–Crippen LogP) is 1.62. The lowest BCUT2D eigenvalue weighted by Gasteiger charge is -2.35. The number of sulfonamides is 1. The minimum absolute atomic E-state index is 0. The van der Waals surface area contributed by atoms with E-state index in [1.807, 2.05) is 0 Å². The molecule has 0 saturated carbocycles. The van der Waals surface area contributed by atoms with Gasteiger partial charge in [0.05, 0.1) is 18.1 Å². The summed E-state index contributed by atoms with van der Waals surface area (Å²) in [4.78, 5) is 7.06. The topological polar surface area (TPSA) is 95.1 Å². The van der Waals surface area contributed by atoms with Crippen molar-refractivity contribution < 1.29 is 13.2 Å². The maximum Gasteiger partial charge on any atom is 0.240 e. The van der Waals surface area contributed by atoms with E-state index in [0.717, 1.165) is 50.8 Å². The zero-order valence-corrected chi connectivity index (χ0v) is 21.5. The summed E-state index contributed by atoms with van der Waals surface area (Å²) in [5.41, 5.74) is 0.981. The zero-order chi connectivity index (χ0) is 21.3. The van der Waals surface area contributed by atoms with Crippen molar-refractivity contribution in [3.8, 4) is 0 Å². The van der Waals surface area contributed by atoms with Crippen molar-refractivity contribution in [1.29, 1.82) is 0 Å². The van der Waals surface area contributed by atoms with E-state index in [2.05, 4.69) is 39.1 Å². The molecule has 1 atom stereocenters. The quantitative estimate of drug-likeness (QED) is 0.245.